The van der Waals surface area contributed by atoms with Gasteiger partial charge < -0.3 is 16.0 Å². The number of nitrogens with one attached hydrogen (secondary N) is 3. The fraction of sp³-hybridized carbons (Fsp3) is 0.0938. The van der Waals surface area contributed by atoms with Gasteiger partial charge in [-0.05, 0) is 68.0 Å². The Balaban J connectivity index is 1.44. The van der Waals surface area contributed by atoms with Gasteiger partial charge in [0.15, 0.2) is 0 Å². The number of thioether (sulfide) groups is 1. The van der Waals surface area contributed by atoms with E-state index in [4.69, 9.17) is 0 Å². The molecule has 3 amide bonds. The molecule has 0 aromatic heterocycles. The minimum absolute atomic E-state index is 0.114. The van der Waals surface area contributed by atoms with Crippen molar-refractivity contribution < 1.29 is 14.4 Å². The Kier molecular flexibility index (Phi) is 9.32. The predicted octanol–water partition coefficient (Wildman–Crippen LogP) is 6.44. The Hall–Kier alpha value is -4.62. The van der Waals surface area contributed by atoms with Gasteiger partial charge in [-0.3, -0.25) is 14.4 Å². The molecule has 0 aliphatic rings. The van der Waals surface area contributed by atoms with Crippen molar-refractivity contribution in [3.8, 4) is 0 Å². The van der Waals surface area contributed by atoms with Crippen LogP contribution in [0.15, 0.2) is 114 Å². The largest absolute Gasteiger partial charge is 0.325 e. The van der Waals surface area contributed by atoms with Crippen LogP contribution in [0.5, 0.6) is 0 Å². The van der Waals surface area contributed by atoms with Gasteiger partial charge in [-0.15, -0.1) is 11.8 Å². The highest BCUT2D eigenvalue weighted by molar-refractivity contribution is 8.00. The number of benzene rings is 4. The lowest BCUT2D eigenvalue weighted by molar-refractivity contribution is -0.114. The molecule has 4 aromatic carbocycles. The molecule has 0 heterocycles. The molecule has 0 radical (unpaired) electrons. The molecule has 0 saturated carbocycles. The van der Waals surface area contributed by atoms with Crippen molar-refractivity contribution in [2.24, 2.45) is 0 Å². The van der Waals surface area contributed by atoms with Gasteiger partial charge in [-0.2, -0.15) is 0 Å². The molecule has 4 aromatic rings. The molecule has 0 unspecified atom stereocenters. The highest BCUT2D eigenvalue weighted by atomic mass is 32.2. The number of hydrogen-bond donors (Lipinski definition) is 3. The molecule has 0 bridgehead atoms. The van der Waals surface area contributed by atoms with Crippen molar-refractivity contribution in [3.63, 3.8) is 0 Å². The van der Waals surface area contributed by atoms with Gasteiger partial charge in [-0.1, -0.05) is 71.8 Å². The van der Waals surface area contributed by atoms with Crippen molar-refractivity contribution >= 4 is 46.9 Å². The monoisotopic (exact) mass is 535 g/mol. The highest BCUT2D eigenvalue weighted by Gasteiger charge is 2.15. The van der Waals surface area contributed by atoms with E-state index in [1.165, 1.54) is 11.8 Å². The van der Waals surface area contributed by atoms with E-state index < -0.39 is 5.91 Å². The Morgan fingerprint density at radius 3 is 2.08 bits per heavy atom. The second-order valence-corrected chi connectivity index (χ2v) is 10.0. The van der Waals surface area contributed by atoms with Crippen LogP contribution >= 0.6 is 11.8 Å². The topological polar surface area (TPSA) is 87.3 Å². The SMILES string of the molecule is Cc1ccc(/C=C(\NC(=O)c2ccccc2)C(=O)Nc2cccc(SCC(=O)Nc3ccc(C)cc3)c2)cc1. The molecule has 0 spiro atoms. The van der Waals surface area contributed by atoms with Crippen LogP contribution in [-0.2, 0) is 9.59 Å². The molecule has 4 rings (SSSR count). The van der Waals surface area contributed by atoms with Crippen LogP contribution in [0.1, 0.15) is 27.0 Å². The zero-order valence-electron chi connectivity index (χ0n) is 21.7. The summed E-state index contributed by atoms with van der Waals surface area (Å²) in [6, 6.07) is 31.2. The number of carbonyl (C=O) groups excluding carboxylic acids is 3. The number of carbonyl (C=O) groups is 3. The average Bonchev–Trinajstić information content (AvgIpc) is 2.94. The molecule has 6 nitrogen and oxygen atoms in total. The van der Waals surface area contributed by atoms with E-state index in [0.29, 0.717) is 11.3 Å². The normalized spacial score (nSPS) is 11.0. The van der Waals surface area contributed by atoms with E-state index in [2.05, 4.69) is 16.0 Å². The summed E-state index contributed by atoms with van der Waals surface area (Å²) in [7, 11) is 0. The summed E-state index contributed by atoms with van der Waals surface area (Å²) in [6.07, 6.45) is 1.64. The summed E-state index contributed by atoms with van der Waals surface area (Å²) in [5.74, 6) is -0.742. The summed E-state index contributed by atoms with van der Waals surface area (Å²) in [4.78, 5) is 39.3. The number of rotatable bonds is 9. The minimum atomic E-state index is -0.459. The summed E-state index contributed by atoms with van der Waals surface area (Å²) in [6.45, 7) is 3.97. The maximum atomic E-state index is 13.3. The fourth-order valence-electron chi connectivity index (χ4n) is 3.62. The smallest absolute Gasteiger partial charge is 0.272 e. The van der Waals surface area contributed by atoms with Gasteiger partial charge in [0, 0.05) is 21.8 Å². The van der Waals surface area contributed by atoms with E-state index in [-0.39, 0.29) is 23.3 Å². The van der Waals surface area contributed by atoms with Gasteiger partial charge >= 0.3 is 0 Å². The van der Waals surface area contributed by atoms with Crippen molar-refractivity contribution in [3.05, 3.63) is 131 Å². The molecule has 7 heteroatoms. The second-order valence-electron chi connectivity index (χ2n) is 8.97. The van der Waals surface area contributed by atoms with Crippen LogP contribution in [0.2, 0.25) is 0 Å². The zero-order valence-corrected chi connectivity index (χ0v) is 22.5. The van der Waals surface area contributed by atoms with Crippen molar-refractivity contribution in [1.82, 2.24) is 5.32 Å². The molecule has 39 heavy (non-hydrogen) atoms. The summed E-state index contributed by atoms with van der Waals surface area (Å²) in [5, 5.41) is 8.50. The molecule has 0 fully saturated rings. The van der Waals surface area contributed by atoms with Crippen molar-refractivity contribution in [2.45, 2.75) is 18.7 Å². The van der Waals surface area contributed by atoms with E-state index in [0.717, 1.165) is 27.3 Å². The Bertz CT molecular complexity index is 1480. The van der Waals surface area contributed by atoms with Crippen LogP contribution in [0.3, 0.4) is 0 Å². The predicted molar refractivity (Wildman–Crippen MR) is 159 cm³/mol. The molecular weight excluding hydrogens is 506 g/mol. The fourth-order valence-corrected chi connectivity index (χ4v) is 4.37. The zero-order chi connectivity index (χ0) is 27.6. The summed E-state index contributed by atoms with van der Waals surface area (Å²) < 4.78 is 0. The number of hydrogen-bond acceptors (Lipinski definition) is 4. The maximum absolute atomic E-state index is 13.3. The first kappa shape index (κ1) is 27.4. The van der Waals surface area contributed by atoms with Crippen molar-refractivity contribution in [1.29, 1.82) is 0 Å². The Morgan fingerprint density at radius 1 is 0.718 bits per heavy atom. The van der Waals surface area contributed by atoms with E-state index in [1.807, 2.05) is 80.6 Å². The van der Waals surface area contributed by atoms with Crippen LogP contribution in [0.4, 0.5) is 11.4 Å². The highest BCUT2D eigenvalue weighted by Crippen LogP contribution is 2.23. The molecule has 3 N–H and O–H groups in total. The van der Waals surface area contributed by atoms with Gasteiger partial charge in [0.1, 0.15) is 5.70 Å². The maximum Gasteiger partial charge on any atom is 0.272 e. The third-order valence-electron chi connectivity index (χ3n) is 5.71. The summed E-state index contributed by atoms with van der Waals surface area (Å²) >= 11 is 1.36. The Labute approximate surface area is 232 Å². The van der Waals surface area contributed by atoms with Crippen LogP contribution in [0, 0.1) is 13.8 Å². The van der Waals surface area contributed by atoms with Gasteiger partial charge in [-0.25, -0.2) is 0 Å². The lowest BCUT2D eigenvalue weighted by atomic mass is 10.1. The molecule has 0 saturated heterocycles. The first-order chi connectivity index (χ1) is 18.9. The van der Waals surface area contributed by atoms with Crippen LogP contribution in [-0.4, -0.2) is 23.5 Å². The quantitative estimate of drug-likeness (QED) is 0.170. The first-order valence-electron chi connectivity index (χ1n) is 12.4. The van der Waals surface area contributed by atoms with Crippen LogP contribution in [0.25, 0.3) is 6.08 Å². The third kappa shape index (κ3) is 8.45. The minimum Gasteiger partial charge on any atom is -0.325 e. The van der Waals surface area contributed by atoms with E-state index in [9.17, 15) is 14.4 Å². The molecule has 0 aliphatic heterocycles. The lowest BCUT2D eigenvalue weighted by Gasteiger charge is -2.12. The third-order valence-corrected chi connectivity index (χ3v) is 6.71. The number of anilines is 2. The van der Waals surface area contributed by atoms with E-state index >= 15 is 0 Å². The lowest BCUT2D eigenvalue weighted by Crippen LogP contribution is -2.30. The molecule has 196 valence electrons. The number of aryl methyl sites for hydroxylation is 2. The van der Waals surface area contributed by atoms with Crippen molar-refractivity contribution in [2.75, 3.05) is 16.4 Å². The van der Waals surface area contributed by atoms with Gasteiger partial charge in [0.05, 0.1) is 5.75 Å². The molecular formula is C32H29N3O3S. The van der Waals surface area contributed by atoms with Crippen LogP contribution < -0.4 is 16.0 Å². The average molecular weight is 536 g/mol. The van der Waals surface area contributed by atoms with Gasteiger partial charge in [0.25, 0.3) is 11.8 Å². The second kappa shape index (κ2) is 13.3. The number of amides is 3. The Morgan fingerprint density at radius 2 is 1.38 bits per heavy atom. The summed E-state index contributed by atoms with van der Waals surface area (Å²) in [5.41, 5.74) is 4.85. The molecule has 0 atom stereocenters. The molecule has 0 aliphatic carbocycles. The van der Waals surface area contributed by atoms with Gasteiger partial charge in [0.2, 0.25) is 5.91 Å². The standard InChI is InChI=1S/C32H29N3O3S/c1-22-11-15-24(16-12-22)19-29(35-31(37)25-7-4-3-5-8-25)32(38)34-27-9-6-10-28(20-27)39-21-30(36)33-26-17-13-23(2)14-18-26/h3-20H,21H2,1-2H3,(H,33,36)(H,34,38)(H,35,37)/b29-19-. The first-order valence-corrected chi connectivity index (χ1v) is 13.4. The van der Waals surface area contributed by atoms with E-state index in [1.54, 1.807) is 42.5 Å².